The van der Waals surface area contributed by atoms with E-state index in [1.807, 2.05) is 0 Å². The molecule has 1 aromatic heterocycles. The van der Waals surface area contributed by atoms with Crippen molar-refractivity contribution in [2.75, 3.05) is 13.1 Å². The van der Waals surface area contributed by atoms with Gasteiger partial charge in [-0.05, 0) is 6.42 Å². The number of carbonyl (C=O) groups excluding carboxylic acids is 1. The van der Waals surface area contributed by atoms with Crippen molar-refractivity contribution >= 4 is 5.91 Å². The molecule has 1 fully saturated rings. The van der Waals surface area contributed by atoms with Crippen molar-refractivity contribution in [1.82, 2.24) is 14.9 Å². The maximum absolute atomic E-state index is 12.0. The second-order valence-electron chi connectivity index (χ2n) is 3.69. The zero-order valence-corrected chi connectivity index (χ0v) is 8.70. The van der Waals surface area contributed by atoms with E-state index < -0.39 is 12.5 Å². The Balaban J connectivity index is 1.92. The van der Waals surface area contributed by atoms with Crippen LogP contribution in [0.25, 0.3) is 0 Å². The van der Waals surface area contributed by atoms with Crippen LogP contribution in [-0.4, -0.2) is 46.3 Å². The van der Waals surface area contributed by atoms with Crippen LogP contribution in [0.5, 0.6) is 0 Å². The molecule has 94 valence electrons. The standard InChI is InChI=1S/C9H10F3N3O2/c10-9(11,12)17-6-1-2-15(4-6)8(16)7-3-13-5-14-7/h3,5-6H,1-2,4H2,(H,13,14)/t6-/m0/s1. The molecule has 8 heteroatoms. The molecule has 0 spiro atoms. The summed E-state index contributed by atoms with van der Waals surface area (Å²) in [5.74, 6) is -0.365. The first-order valence-electron chi connectivity index (χ1n) is 4.98. The van der Waals surface area contributed by atoms with E-state index in [-0.39, 0.29) is 31.1 Å². The molecule has 0 radical (unpaired) electrons. The van der Waals surface area contributed by atoms with Gasteiger partial charge in [0.2, 0.25) is 0 Å². The number of alkyl halides is 3. The highest BCUT2D eigenvalue weighted by molar-refractivity contribution is 5.92. The van der Waals surface area contributed by atoms with Gasteiger partial charge in [0, 0.05) is 13.1 Å². The summed E-state index contributed by atoms with van der Waals surface area (Å²) in [6, 6.07) is 0. The van der Waals surface area contributed by atoms with Crippen LogP contribution in [0.4, 0.5) is 13.2 Å². The number of aromatic amines is 1. The van der Waals surface area contributed by atoms with Gasteiger partial charge in [-0.25, -0.2) is 4.98 Å². The normalized spacial score (nSPS) is 20.9. The highest BCUT2D eigenvalue weighted by Crippen LogP contribution is 2.24. The van der Waals surface area contributed by atoms with Gasteiger partial charge in [-0.1, -0.05) is 0 Å². The number of nitrogens with one attached hydrogen (secondary N) is 1. The van der Waals surface area contributed by atoms with E-state index in [1.54, 1.807) is 0 Å². The maximum Gasteiger partial charge on any atom is 0.522 e. The lowest BCUT2D eigenvalue weighted by molar-refractivity contribution is -0.340. The van der Waals surface area contributed by atoms with E-state index in [0.717, 1.165) is 0 Å². The molecule has 1 N–H and O–H groups in total. The number of H-pyrrole nitrogens is 1. The number of ether oxygens (including phenoxy) is 1. The van der Waals surface area contributed by atoms with Crippen molar-refractivity contribution in [3.63, 3.8) is 0 Å². The van der Waals surface area contributed by atoms with Crippen LogP contribution in [0.15, 0.2) is 12.5 Å². The monoisotopic (exact) mass is 249 g/mol. The van der Waals surface area contributed by atoms with Crippen molar-refractivity contribution < 1.29 is 22.7 Å². The number of imidazole rings is 1. The van der Waals surface area contributed by atoms with Crippen LogP contribution >= 0.6 is 0 Å². The molecule has 5 nitrogen and oxygen atoms in total. The molecule has 2 heterocycles. The molecule has 17 heavy (non-hydrogen) atoms. The quantitative estimate of drug-likeness (QED) is 0.855. The zero-order chi connectivity index (χ0) is 12.5. The van der Waals surface area contributed by atoms with Gasteiger partial charge in [0.15, 0.2) is 0 Å². The molecule has 1 aliphatic heterocycles. The Morgan fingerprint density at radius 1 is 1.59 bits per heavy atom. The van der Waals surface area contributed by atoms with Gasteiger partial charge in [0.05, 0.1) is 18.6 Å². The molecule has 0 aliphatic carbocycles. The summed E-state index contributed by atoms with van der Waals surface area (Å²) in [5, 5.41) is 0. The number of amides is 1. The Hall–Kier alpha value is -1.57. The fourth-order valence-electron chi connectivity index (χ4n) is 1.74. The van der Waals surface area contributed by atoms with E-state index in [0.29, 0.717) is 0 Å². The molecule has 2 rings (SSSR count). The summed E-state index contributed by atoms with van der Waals surface area (Å²) in [6.45, 7) is 0.190. The summed E-state index contributed by atoms with van der Waals surface area (Å²) >= 11 is 0. The van der Waals surface area contributed by atoms with Crippen molar-refractivity contribution in [1.29, 1.82) is 0 Å². The Labute approximate surface area is 94.6 Å². The molecule has 1 aromatic rings. The van der Waals surface area contributed by atoms with Crippen LogP contribution < -0.4 is 0 Å². The highest BCUT2D eigenvalue weighted by atomic mass is 19.4. The summed E-state index contributed by atoms with van der Waals surface area (Å²) < 4.78 is 39.8. The number of hydrogen-bond donors (Lipinski definition) is 1. The van der Waals surface area contributed by atoms with Crippen molar-refractivity contribution in [3.05, 3.63) is 18.2 Å². The molecule has 0 bridgehead atoms. The second kappa shape index (κ2) is 4.36. The minimum atomic E-state index is -4.66. The number of carbonyl (C=O) groups is 1. The van der Waals surface area contributed by atoms with Crippen molar-refractivity contribution in [2.45, 2.75) is 18.9 Å². The van der Waals surface area contributed by atoms with Gasteiger partial charge in [0.1, 0.15) is 5.69 Å². The number of aromatic nitrogens is 2. The fraction of sp³-hybridized carbons (Fsp3) is 0.556. The average Bonchev–Trinajstić information content (AvgIpc) is 2.83. The van der Waals surface area contributed by atoms with Gasteiger partial charge in [0.25, 0.3) is 5.91 Å². The first-order valence-corrected chi connectivity index (χ1v) is 4.98. The number of halogens is 3. The maximum atomic E-state index is 12.0. The van der Waals surface area contributed by atoms with Crippen LogP contribution in [0.2, 0.25) is 0 Å². The minimum Gasteiger partial charge on any atom is -0.341 e. The predicted molar refractivity (Wildman–Crippen MR) is 50.0 cm³/mol. The van der Waals surface area contributed by atoms with Crippen molar-refractivity contribution in [3.8, 4) is 0 Å². The molecular weight excluding hydrogens is 239 g/mol. The van der Waals surface area contributed by atoms with Crippen LogP contribution in [-0.2, 0) is 4.74 Å². The smallest absolute Gasteiger partial charge is 0.341 e. The fourth-order valence-corrected chi connectivity index (χ4v) is 1.74. The summed E-state index contributed by atoms with van der Waals surface area (Å²) in [7, 11) is 0. The number of likely N-dealkylation sites (tertiary alicyclic amines) is 1. The van der Waals surface area contributed by atoms with Crippen LogP contribution in [0.1, 0.15) is 16.9 Å². The molecule has 1 atom stereocenters. The SMILES string of the molecule is O=C(c1cnc[nH]1)N1CC[C@H](OC(F)(F)F)C1. The third-order valence-corrected chi connectivity index (χ3v) is 2.46. The van der Waals surface area contributed by atoms with E-state index in [2.05, 4.69) is 14.7 Å². The van der Waals surface area contributed by atoms with Gasteiger partial charge in [-0.2, -0.15) is 0 Å². The molecule has 0 saturated carbocycles. The highest BCUT2D eigenvalue weighted by Gasteiger charge is 2.38. The van der Waals surface area contributed by atoms with Crippen molar-refractivity contribution in [2.24, 2.45) is 0 Å². The molecular formula is C9H10F3N3O2. The van der Waals surface area contributed by atoms with Gasteiger partial charge in [-0.3, -0.25) is 9.53 Å². The Bertz CT molecular complexity index is 391. The summed E-state index contributed by atoms with van der Waals surface area (Å²) in [4.78, 5) is 19.3. The van der Waals surface area contributed by atoms with E-state index in [4.69, 9.17) is 0 Å². The van der Waals surface area contributed by atoms with Crippen LogP contribution in [0, 0.1) is 0 Å². The topological polar surface area (TPSA) is 58.2 Å². The first kappa shape index (κ1) is 11.9. The molecule has 1 saturated heterocycles. The van der Waals surface area contributed by atoms with E-state index in [1.165, 1.54) is 17.4 Å². The molecule has 0 unspecified atom stereocenters. The van der Waals surface area contributed by atoms with Gasteiger partial charge < -0.3 is 9.88 Å². The number of rotatable bonds is 2. The third kappa shape index (κ3) is 2.96. The lowest BCUT2D eigenvalue weighted by Crippen LogP contribution is -2.32. The lowest BCUT2D eigenvalue weighted by atomic mass is 10.3. The third-order valence-electron chi connectivity index (χ3n) is 2.46. The van der Waals surface area contributed by atoms with Gasteiger partial charge >= 0.3 is 6.36 Å². The number of hydrogen-bond acceptors (Lipinski definition) is 3. The lowest BCUT2D eigenvalue weighted by Gasteiger charge is -2.16. The van der Waals surface area contributed by atoms with E-state index in [9.17, 15) is 18.0 Å². The Morgan fingerprint density at radius 2 is 2.35 bits per heavy atom. The molecule has 1 amide bonds. The Morgan fingerprint density at radius 3 is 2.94 bits per heavy atom. The summed E-state index contributed by atoms with van der Waals surface area (Å²) in [5.41, 5.74) is 0.262. The molecule has 0 aromatic carbocycles. The van der Waals surface area contributed by atoms with E-state index >= 15 is 0 Å². The van der Waals surface area contributed by atoms with Gasteiger partial charge in [-0.15, -0.1) is 13.2 Å². The second-order valence-corrected chi connectivity index (χ2v) is 3.69. The summed E-state index contributed by atoms with van der Waals surface area (Å²) in [6.07, 6.45) is -2.79. The zero-order valence-electron chi connectivity index (χ0n) is 8.70. The predicted octanol–water partition coefficient (Wildman–Crippen LogP) is 1.16. The first-order chi connectivity index (χ1) is 7.96. The van der Waals surface area contributed by atoms with Crippen LogP contribution in [0.3, 0.4) is 0 Å². The number of nitrogens with zero attached hydrogens (tertiary/aromatic N) is 2. The average molecular weight is 249 g/mol. The molecule has 1 aliphatic rings. The minimum absolute atomic E-state index is 0.0582. The largest absolute Gasteiger partial charge is 0.522 e. The Kier molecular flexibility index (Phi) is 3.05.